The molecule has 0 aliphatic heterocycles. The molecule has 1 N–H and O–H groups in total. The van der Waals surface area contributed by atoms with E-state index < -0.39 is 5.82 Å². The lowest BCUT2D eigenvalue weighted by Gasteiger charge is -2.13. The van der Waals surface area contributed by atoms with Gasteiger partial charge in [-0.2, -0.15) is 0 Å². The van der Waals surface area contributed by atoms with Crippen LogP contribution in [0.3, 0.4) is 0 Å². The summed E-state index contributed by atoms with van der Waals surface area (Å²) in [6.45, 7) is 1.75. The van der Waals surface area contributed by atoms with Gasteiger partial charge in [0.2, 0.25) is 5.91 Å². The number of Topliss-reactive ketones (excluding diaryl/α,β-unsaturated/α-hetero) is 1. The average Bonchev–Trinajstić information content (AvgIpc) is 3.21. The summed E-state index contributed by atoms with van der Waals surface area (Å²) >= 11 is 0. The smallest absolute Gasteiger partial charge is 0.275 e. The maximum atomic E-state index is 13.8. The highest BCUT2D eigenvalue weighted by atomic mass is 19.1. The van der Waals surface area contributed by atoms with Crippen LogP contribution in [0, 0.1) is 5.82 Å². The summed E-state index contributed by atoms with van der Waals surface area (Å²) in [5.41, 5.74) is 2.55. The number of hydrogen-bond donors (Lipinski definition) is 1. The van der Waals surface area contributed by atoms with Gasteiger partial charge in [0.15, 0.2) is 5.78 Å². The number of carbonyl (C=O) groups is 2. The van der Waals surface area contributed by atoms with Crippen LogP contribution in [-0.2, 0) is 11.3 Å². The molecular formula is C23H20FN3O3. The van der Waals surface area contributed by atoms with Crippen molar-refractivity contribution >= 4 is 33.9 Å². The second-order valence-electron chi connectivity index (χ2n) is 7.14. The number of ketones is 1. The molecule has 0 fully saturated rings. The molecule has 6 nitrogen and oxygen atoms in total. The minimum atomic E-state index is -0.426. The molecule has 0 unspecified atom stereocenters. The number of anilines is 1. The molecule has 0 bridgehead atoms. The third-order valence-electron chi connectivity index (χ3n) is 5.04. The molecule has 1 amide bonds. The van der Waals surface area contributed by atoms with E-state index in [1.54, 1.807) is 53.1 Å². The molecule has 4 rings (SSSR count). The number of nitrogens with zero attached hydrogens (tertiary/aromatic N) is 2. The predicted molar refractivity (Wildman–Crippen MR) is 113 cm³/mol. The van der Waals surface area contributed by atoms with Gasteiger partial charge in [0.05, 0.1) is 11.0 Å². The van der Waals surface area contributed by atoms with Gasteiger partial charge in [-0.25, -0.2) is 4.39 Å². The van der Waals surface area contributed by atoms with E-state index in [4.69, 9.17) is 0 Å². The topological polar surface area (TPSA) is 72.6 Å². The first kappa shape index (κ1) is 19.6. The molecule has 0 radical (unpaired) electrons. The van der Waals surface area contributed by atoms with Gasteiger partial charge in [-0.15, -0.1) is 0 Å². The zero-order valence-corrected chi connectivity index (χ0v) is 16.4. The predicted octanol–water partition coefficient (Wildman–Crippen LogP) is 4.01. The lowest BCUT2D eigenvalue weighted by molar-refractivity contribution is -0.116. The molecular weight excluding hydrogens is 385 g/mol. The molecule has 0 spiro atoms. The van der Waals surface area contributed by atoms with Crippen LogP contribution in [-0.4, -0.2) is 20.7 Å². The Hall–Kier alpha value is -3.74. The van der Waals surface area contributed by atoms with Crippen LogP contribution in [0.25, 0.3) is 16.6 Å². The maximum Gasteiger partial charge on any atom is 0.275 e. The summed E-state index contributed by atoms with van der Waals surface area (Å²) in [4.78, 5) is 36.7. The minimum Gasteiger partial charge on any atom is -0.326 e. The Morgan fingerprint density at radius 3 is 2.63 bits per heavy atom. The second kappa shape index (κ2) is 7.94. The van der Waals surface area contributed by atoms with Crippen molar-refractivity contribution in [3.63, 3.8) is 0 Å². The fraction of sp³-hybridized carbons (Fsp3) is 0.174. The first-order chi connectivity index (χ1) is 14.4. The highest BCUT2D eigenvalue weighted by molar-refractivity contribution is 5.97. The van der Waals surface area contributed by atoms with E-state index >= 15 is 0 Å². The van der Waals surface area contributed by atoms with Crippen LogP contribution in [0.1, 0.15) is 30.1 Å². The number of aryl methyl sites for hydroxylation is 1. The number of amides is 1. The quantitative estimate of drug-likeness (QED) is 0.493. The molecule has 2 aromatic carbocycles. The highest BCUT2D eigenvalue weighted by Crippen LogP contribution is 2.18. The molecule has 0 saturated carbocycles. The average molecular weight is 405 g/mol. The number of hydrogen-bond acceptors (Lipinski definition) is 3. The van der Waals surface area contributed by atoms with E-state index in [1.165, 1.54) is 23.6 Å². The molecule has 2 heterocycles. The third-order valence-corrected chi connectivity index (χ3v) is 5.04. The van der Waals surface area contributed by atoms with Crippen LogP contribution < -0.4 is 10.9 Å². The lowest BCUT2D eigenvalue weighted by Crippen LogP contribution is -2.23. The van der Waals surface area contributed by atoms with Crippen molar-refractivity contribution in [3.05, 3.63) is 82.5 Å². The number of rotatable bonds is 6. The van der Waals surface area contributed by atoms with E-state index in [0.717, 1.165) is 5.52 Å². The lowest BCUT2D eigenvalue weighted by atomic mass is 10.1. The van der Waals surface area contributed by atoms with Crippen LogP contribution in [0.2, 0.25) is 0 Å². The third kappa shape index (κ3) is 3.74. The maximum absolute atomic E-state index is 13.8. The van der Waals surface area contributed by atoms with Crippen molar-refractivity contribution in [2.45, 2.75) is 26.3 Å². The van der Waals surface area contributed by atoms with E-state index in [1.807, 2.05) is 0 Å². The molecule has 2 aromatic heterocycles. The number of halogens is 1. The van der Waals surface area contributed by atoms with Crippen LogP contribution >= 0.6 is 0 Å². The monoisotopic (exact) mass is 405 g/mol. The van der Waals surface area contributed by atoms with Crippen molar-refractivity contribution in [2.24, 2.45) is 0 Å². The van der Waals surface area contributed by atoms with Crippen molar-refractivity contribution in [3.8, 4) is 0 Å². The van der Waals surface area contributed by atoms with E-state index in [2.05, 4.69) is 5.32 Å². The molecule has 0 saturated heterocycles. The summed E-state index contributed by atoms with van der Waals surface area (Å²) in [6.07, 6.45) is 2.35. The summed E-state index contributed by atoms with van der Waals surface area (Å²) < 4.78 is 17.1. The number of benzene rings is 2. The molecule has 4 aromatic rings. The van der Waals surface area contributed by atoms with Crippen molar-refractivity contribution in [1.82, 2.24) is 8.97 Å². The van der Waals surface area contributed by atoms with Crippen LogP contribution in [0.4, 0.5) is 10.1 Å². The minimum absolute atomic E-state index is 0.0784. The molecule has 152 valence electrons. The first-order valence-corrected chi connectivity index (χ1v) is 9.64. The standard InChI is InChI=1S/C23H20FN3O3/c1-15(28)16-5-2-6-18(13-16)25-22(29)8-4-12-27-21-14-17(24)9-10-19(21)26-11-3-7-20(26)23(27)30/h2-3,5-7,9-11,13-14H,4,8,12H2,1H3,(H,25,29). The number of aromatic nitrogens is 2. The van der Waals surface area contributed by atoms with Crippen LogP contribution in [0.5, 0.6) is 0 Å². The largest absolute Gasteiger partial charge is 0.326 e. The number of fused-ring (bicyclic) bond motifs is 3. The Balaban J connectivity index is 1.52. The Kier molecular flexibility index (Phi) is 5.18. The Labute approximate surface area is 171 Å². The van der Waals surface area contributed by atoms with Crippen molar-refractivity contribution < 1.29 is 14.0 Å². The van der Waals surface area contributed by atoms with Crippen molar-refractivity contribution in [2.75, 3.05) is 5.32 Å². The molecule has 7 heteroatoms. The Morgan fingerprint density at radius 2 is 1.83 bits per heavy atom. The van der Waals surface area contributed by atoms with Gasteiger partial charge in [-0.1, -0.05) is 12.1 Å². The van der Waals surface area contributed by atoms with Crippen molar-refractivity contribution in [1.29, 1.82) is 0 Å². The molecule has 0 atom stereocenters. The zero-order valence-electron chi connectivity index (χ0n) is 16.4. The van der Waals surface area contributed by atoms with Gasteiger partial charge in [0, 0.05) is 30.4 Å². The van der Waals surface area contributed by atoms with Gasteiger partial charge in [0.1, 0.15) is 11.3 Å². The fourth-order valence-electron chi connectivity index (χ4n) is 3.59. The van der Waals surface area contributed by atoms with E-state index in [9.17, 15) is 18.8 Å². The van der Waals surface area contributed by atoms with Gasteiger partial charge >= 0.3 is 0 Å². The molecule has 30 heavy (non-hydrogen) atoms. The second-order valence-corrected chi connectivity index (χ2v) is 7.14. The first-order valence-electron chi connectivity index (χ1n) is 9.64. The van der Waals surface area contributed by atoms with Crippen LogP contribution in [0.15, 0.2) is 65.6 Å². The fourth-order valence-corrected chi connectivity index (χ4v) is 3.59. The zero-order chi connectivity index (χ0) is 21.3. The molecule has 0 aliphatic rings. The van der Waals surface area contributed by atoms with Gasteiger partial charge in [-0.05, 0) is 55.8 Å². The number of carbonyl (C=O) groups excluding carboxylic acids is 2. The summed E-state index contributed by atoms with van der Waals surface area (Å²) in [6, 6.07) is 14.6. The van der Waals surface area contributed by atoms with E-state index in [0.29, 0.717) is 28.7 Å². The van der Waals surface area contributed by atoms with Gasteiger partial charge < -0.3 is 14.3 Å². The Morgan fingerprint density at radius 1 is 1.00 bits per heavy atom. The normalized spacial score (nSPS) is 11.1. The Bertz CT molecular complexity index is 1340. The molecule has 0 aliphatic carbocycles. The summed E-state index contributed by atoms with van der Waals surface area (Å²) in [5.74, 6) is -0.724. The summed E-state index contributed by atoms with van der Waals surface area (Å²) in [7, 11) is 0. The van der Waals surface area contributed by atoms with E-state index in [-0.39, 0.29) is 30.2 Å². The van der Waals surface area contributed by atoms with Gasteiger partial charge in [0.25, 0.3) is 5.56 Å². The highest BCUT2D eigenvalue weighted by Gasteiger charge is 2.12. The number of nitrogens with one attached hydrogen (secondary N) is 1. The van der Waals surface area contributed by atoms with Gasteiger partial charge in [-0.3, -0.25) is 14.4 Å². The summed E-state index contributed by atoms with van der Waals surface area (Å²) in [5, 5.41) is 2.77. The SMILES string of the molecule is CC(=O)c1cccc(NC(=O)CCCn2c(=O)c3cccn3c3ccc(F)cc32)c1.